The van der Waals surface area contributed by atoms with Crippen LogP contribution in [-0.4, -0.2) is 37.5 Å². The van der Waals surface area contributed by atoms with Crippen LogP contribution in [0.1, 0.15) is 13.3 Å². The summed E-state index contributed by atoms with van der Waals surface area (Å²) in [6, 6.07) is 8.14. The van der Waals surface area contributed by atoms with Crippen LogP contribution < -0.4 is 11.1 Å². The van der Waals surface area contributed by atoms with Gasteiger partial charge in [-0.3, -0.25) is 4.79 Å². The van der Waals surface area contributed by atoms with Gasteiger partial charge in [0, 0.05) is 34.8 Å². The number of nitrogens with one attached hydrogen (secondary N) is 1. The summed E-state index contributed by atoms with van der Waals surface area (Å²) in [7, 11) is 1.57. The van der Waals surface area contributed by atoms with E-state index < -0.39 is 0 Å². The molecule has 1 amide bonds. The molecule has 0 saturated carbocycles. The average Bonchev–Trinajstić information content (AvgIpc) is 2.45. The van der Waals surface area contributed by atoms with Crippen molar-refractivity contribution in [1.82, 2.24) is 5.32 Å². The van der Waals surface area contributed by atoms with Crippen molar-refractivity contribution in [1.29, 1.82) is 0 Å². The zero-order valence-electron chi connectivity index (χ0n) is 11.8. The van der Waals surface area contributed by atoms with Crippen molar-refractivity contribution >= 4 is 33.6 Å². The molecule has 0 spiro atoms. The fraction of sp³-hybridized carbons (Fsp3) is 0.500. The molecule has 2 unspecified atom stereocenters. The summed E-state index contributed by atoms with van der Waals surface area (Å²) in [5.74, 6) is -0.0226. The summed E-state index contributed by atoms with van der Waals surface area (Å²) in [5, 5.41) is 3.21. The molecule has 4 nitrogen and oxygen atoms in total. The van der Waals surface area contributed by atoms with Crippen LogP contribution in [-0.2, 0) is 9.53 Å². The number of amides is 1. The molecule has 6 heteroatoms. The summed E-state index contributed by atoms with van der Waals surface area (Å²) >= 11 is 5.14. The van der Waals surface area contributed by atoms with Crippen molar-refractivity contribution in [2.45, 2.75) is 29.6 Å². The topological polar surface area (TPSA) is 64.3 Å². The van der Waals surface area contributed by atoms with E-state index in [0.29, 0.717) is 24.8 Å². The van der Waals surface area contributed by atoms with E-state index in [-0.39, 0.29) is 12.0 Å². The number of nitrogens with two attached hydrogens (primary N) is 1. The third-order valence-corrected chi connectivity index (χ3v) is 4.39. The number of thioether (sulfide) groups is 1. The summed E-state index contributed by atoms with van der Waals surface area (Å²) in [4.78, 5) is 12.9. The van der Waals surface area contributed by atoms with Crippen LogP contribution in [0.3, 0.4) is 0 Å². The fourth-order valence-electron chi connectivity index (χ4n) is 1.59. The van der Waals surface area contributed by atoms with Crippen LogP contribution in [0.25, 0.3) is 0 Å². The fourth-order valence-corrected chi connectivity index (χ4v) is 2.78. The van der Waals surface area contributed by atoms with Gasteiger partial charge in [-0.05, 0) is 24.3 Å². The van der Waals surface area contributed by atoms with E-state index in [9.17, 15) is 4.79 Å². The van der Waals surface area contributed by atoms with Gasteiger partial charge in [0.2, 0.25) is 5.91 Å². The van der Waals surface area contributed by atoms with Crippen LogP contribution in [0.5, 0.6) is 0 Å². The molecule has 112 valence electrons. The van der Waals surface area contributed by atoms with Gasteiger partial charge in [0.15, 0.2) is 0 Å². The van der Waals surface area contributed by atoms with Crippen molar-refractivity contribution in [2.24, 2.45) is 5.73 Å². The van der Waals surface area contributed by atoms with E-state index in [2.05, 4.69) is 40.3 Å². The zero-order chi connectivity index (χ0) is 15.0. The number of hydrogen-bond acceptors (Lipinski definition) is 4. The average molecular weight is 361 g/mol. The first-order chi connectivity index (χ1) is 9.55. The van der Waals surface area contributed by atoms with Crippen molar-refractivity contribution in [3.63, 3.8) is 0 Å². The van der Waals surface area contributed by atoms with Crippen molar-refractivity contribution in [3.05, 3.63) is 28.7 Å². The quantitative estimate of drug-likeness (QED) is 0.698. The van der Waals surface area contributed by atoms with Crippen LogP contribution in [0, 0.1) is 0 Å². The highest BCUT2D eigenvalue weighted by Gasteiger charge is 2.12. The number of ether oxygens (including phenoxy) is 1. The Morgan fingerprint density at radius 3 is 2.65 bits per heavy atom. The molecule has 1 rings (SSSR count). The Hall–Kier alpha value is -0.560. The Bertz CT molecular complexity index is 410. The van der Waals surface area contributed by atoms with Gasteiger partial charge >= 0.3 is 0 Å². The normalized spacial score (nSPS) is 13.8. The van der Waals surface area contributed by atoms with Gasteiger partial charge in [0.25, 0.3) is 0 Å². The molecule has 0 radical (unpaired) electrons. The molecule has 20 heavy (non-hydrogen) atoms. The van der Waals surface area contributed by atoms with E-state index in [1.54, 1.807) is 18.9 Å². The number of carbonyl (C=O) groups excluding carboxylic acids is 1. The minimum atomic E-state index is -0.204. The summed E-state index contributed by atoms with van der Waals surface area (Å²) < 4.78 is 6.15. The molecule has 0 aliphatic carbocycles. The first-order valence-corrected chi connectivity index (χ1v) is 8.14. The van der Waals surface area contributed by atoms with Gasteiger partial charge < -0.3 is 15.8 Å². The molecule has 2 atom stereocenters. The molecular formula is C14H21BrN2O2S. The minimum Gasteiger partial charge on any atom is -0.380 e. The van der Waals surface area contributed by atoms with Crippen molar-refractivity contribution in [2.75, 3.05) is 20.2 Å². The Balaban J connectivity index is 2.30. The highest BCUT2D eigenvalue weighted by molar-refractivity contribution is 9.10. The maximum atomic E-state index is 11.7. The molecule has 1 aromatic carbocycles. The molecule has 0 aromatic heterocycles. The predicted molar refractivity (Wildman–Crippen MR) is 86.9 cm³/mol. The van der Waals surface area contributed by atoms with E-state index >= 15 is 0 Å². The first-order valence-electron chi connectivity index (χ1n) is 6.47. The first kappa shape index (κ1) is 17.5. The second-order valence-electron chi connectivity index (χ2n) is 4.48. The third kappa shape index (κ3) is 6.74. The van der Waals surface area contributed by atoms with Crippen LogP contribution in [0.4, 0.5) is 0 Å². The Labute approximate surface area is 133 Å². The summed E-state index contributed by atoms with van der Waals surface area (Å²) in [6.45, 7) is 3.07. The van der Waals surface area contributed by atoms with Gasteiger partial charge in [-0.15, -0.1) is 11.8 Å². The molecule has 0 aliphatic rings. The Morgan fingerprint density at radius 2 is 2.10 bits per heavy atom. The van der Waals surface area contributed by atoms with Gasteiger partial charge in [-0.2, -0.15) is 0 Å². The number of hydrogen-bond donors (Lipinski definition) is 2. The predicted octanol–water partition coefficient (Wildman–Crippen LogP) is 2.41. The molecular weight excluding hydrogens is 340 g/mol. The monoisotopic (exact) mass is 360 g/mol. The second-order valence-corrected chi connectivity index (χ2v) is 6.91. The highest BCUT2D eigenvalue weighted by Crippen LogP contribution is 2.24. The minimum absolute atomic E-state index is 0.0226. The van der Waals surface area contributed by atoms with Crippen LogP contribution in [0.15, 0.2) is 33.6 Å². The van der Waals surface area contributed by atoms with Gasteiger partial charge in [-0.25, -0.2) is 0 Å². The molecule has 0 saturated heterocycles. The van der Waals surface area contributed by atoms with E-state index in [1.165, 1.54) is 4.90 Å². The van der Waals surface area contributed by atoms with E-state index in [0.717, 1.165) is 4.47 Å². The lowest BCUT2D eigenvalue weighted by atomic mass is 10.2. The van der Waals surface area contributed by atoms with Crippen molar-refractivity contribution < 1.29 is 9.53 Å². The molecule has 1 aromatic rings. The summed E-state index contributed by atoms with van der Waals surface area (Å²) in [6.07, 6.45) is 0.104. The Kier molecular flexibility index (Phi) is 8.21. The third-order valence-electron chi connectivity index (χ3n) is 2.75. The van der Waals surface area contributed by atoms with Crippen LogP contribution >= 0.6 is 27.7 Å². The standard InChI is InChI=1S/C14H21BrN2O2S/c1-10(20-13-5-3-11(15)4-6-13)9-17-14(18)7-12(8-16)19-2/h3-6,10,12H,7-9,16H2,1-2H3,(H,17,18). The largest absolute Gasteiger partial charge is 0.380 e. The number of rotatable bonds is 8. The number of benzene rings is 1. The summed E-state index contributed by atoms with van der Waals surface area (Å²) in [5.41, 5.74) is 5.49. The molecule has 3 N–H and O–H groups in total. The second kappa shape index (κ2) is 9.39. The lowest BCUT2D eigenvalue weighted by Gasteiger charge is -2.15. The molecule has 0 aliphatic heterocycles. The number of carbonyl (C=O) groups is 1. The molecule has 0 bridgehead atoms. The van der Waals surface area contributed by atoms with E-state index in [4.69, 9.17) is 10.5 Å². The lowest BCUT2D eigenvalue weighted by molar-refractivity contribution is -0.123. The number of halogens is 1. The maximum Gasteiger partial charge on any atom is 0.222 e. The lowest BCUT2D eigenvalue weighted by Crippen LogP contribution is -2.34. The van der Waals surface area contributed by atoms with Gasteiger partial charge in [-0.1, -0.05) is 22.9 Å². The smallest absolute Gasteiger partial charge is 0.222 e. The van der Waals surface area contributed by atoms with Crippen molar-refractivity contribution in [3.8, 4) is 0 Å². The molecule has 0 fully saturated rings. The van der Waals surface area contributed by atoms with Gasteiger partial charge in [0.05, 0.1) is 12.5 Å². The van der Waals surface area contributed by atoms with Gasteiger partial charge in [0.1, 0.15) is 0 Å². The Morgan fingerprint density at radius 1 is 1.45 bits per heavy atom. The number of methoxy groups -OCH3 is 1. The zero-order valence-corrected chi connectivity index (χ0v) is 14.2. The molecule has 0 heterocycles. The van der Waals surface area contributed by atoms with E-state index in [1.807, 2.05) is 12.1 Å². The highest BCUT2D eigenvalue weighted by atomic mass is 79.9. The SMILES string of the molecule is COC(CN)CC(=O)NCC(C)Sc1ccc(Br)cc1. The van der Waals surface area contributed by atoms with Crippen LogP contribution in [0.2, 0.25) is 0 Å². The maximum absolute atomic E-state index is 11.7.